The Balaban J connectivity index is 3.48. The Hall–Kier alpha value is -1.88. The molecule has 0 aliphatic heterocycles. The summed E-state index contributed by atoms with van der Waals surface area (Å²) >= 11 is 0. The second-order valence-electron chi connectivity index (χ2n) is 17.3. The first-order valence-electron chi connectivity index (χ1n) is 25.5. The van der Waals surface area contributed by atoms with Gasteiger partial charge in [-0.3, -0.25) is 9.59 Å². The van der Waals surface area contributed by atoms with Gasteiger partial charge in [0, 0.05) is 12.8 Å². The predicted molar refractivity (Wildman–Crippen MR) is 251 cm³/mol. The molecule has 340 valence electrons. The highest BCUT2D eigenvalue weighted by atomic mass is 16.6. The Kier molecular flexibility index (Phi) is 47.9. The molecule has 0 aliphatic carbocycles. The van der Waals surface area contributed by atoms with Crippen molar-refractivity contribution in [2.24, 2.45) is 0 Å². The molecule has 0 aromatic heterocycles. The zero-order chi connectivity index (χ0) is 42.1. The lowest BCUT2D eigenvalue weighted by Crippen LogP contribution is -2.28. The van der Waals surface area contributed by atoms with E-state index in [1.807, 2.05) is 0 Å². The summed E-state index contributed by atoms with van der Waals surface area (Å²) < 4.78 is 10.7. The number of unbranched alkanes of at least 4 members (excludes halogenated alkanes) is 33. The number of allylic oxidation sites excluding steroid dienone is 6. The molecule has 5 nitrogen and oxygen atoms in total. The largest absolute Gasteiger partial charge is 0.462 e. The number of hydrogen-bond acceptors (Lipinski definition) is 5. The summed E-state index contributed by atoms with van der Waals surface area (Å²) in [6, 6.07) is 0. The van der Waals surface area contributed by atoms with E-state index in [1.54, 1.807) is 0 Å². The Morgan fingerprint density at radius 2 is 0.690 bits per heavy atom. The van der Waals surface area contributed by atoms with Crippen molar-refractivity contribution >= 4 is 11.9 Å². The van der Waals surface area contributed by atoms with Crippen LogP contribution in [0.2, 0.25) is 0 Å². The van der Waals surface area contributed by atoms with Crippen molar-refractivity contribution < 1.29 is 24.2 Å². The predicted octanol–water partition coefficient (Wildman–Crippen LogP) is 16.7. The molecular weight excluding hydrogens is 717 g/mol. The van der Waals surface area contributed by atoms with Crippen molar-refractivity contribution in [2.75, 3.05) is 13.2 Å². The van der Waals surface area contributed by atoms with E-state index in [0.29, 0.717) is 12.8 Å². The third-order valence-electron chi connectivity index (χ3n) is 11.4. The van der Waals surface area contributed by atoms with Gasteiger partial charge in [-0.1, -0.05) is 243 Å². The van der Waals surface area contributed by atoms with E-state index in [2.05, 4.69) is 50.3 Å². The number of carbonyl (C=O) groups is 2. The van der Waals surface area contributed by atoms with Gasteiger partial charge in [0.05, 0.1) is 6.61 Å². The molecule has 0 heterocycles. The molecule has 0 saturated carbocycles. The molecule has 0 aromatic rings. The first kappa shape index (κ1) is 56.1. The monoisotopic (exact) mass is 815 g/mol. The Bertz CT molecular complexity index is 924. The maximum atomic E-state index is 12.3. The Labute approximate surface area is 361 Å². The van der Waals surface area contributed by atoms with Gasteiger partial charge in [0.25, 0.3) is 0 Å². The number of rotatable bonds is 47. The first-order valence-corrected chi connectivity index (χ1v) is 25.5. The van der Waals surface area contributed by atoms with Gasteiger partial charge in [-0.25, -0.2) is 0 Å². The Morgan fingerprint density at radius 3 is 1.03 bits per heavy atom. The first-order chi connectivity index (χ1) is 28.6. The lowest BCUT2D eigenvalue weighted by atomic mass is 10.0. The molecular formula is C53H98O5. The molecule has 0 bridgehead atoms. The average molecular weight is 815 g/mol. The average Bonchev–Trinajstić information content (AvgIpc) is 3.23. The zero-order valence-electron chi connectivity index (χ0n) is 38.8. The van der Waals surface area contributed by atoms with E-state index >= 15 is 0 Å². The molecule has 0 aliphatic rings. The summed E-state index contributed by atoms with van der Waals surface area (Å²) in [5.41, 5.74) is 0. The smallest absolute Gasteiger partial charge is 0.306 e. The maximum Gasteiger partial charge on any atom is 0.306 e. The summed E-state index contributed by atoms with van der Waals surface area (Å²) in [5.74, 6) is -0.579. The van der Waals surface area contributed by atoms with Crippen molar-refractivity contribution in [2.45, 2.75) is 277 Å². The van der Waals surface area contributed by atoms with E-state index in [4.69, 9.17) is 9.47 Å². The van der Waals surface area contributed by atoms with Gasteiger partial charge in [0.15, 0.2) is 6.10 Å². The van der Waals surface area contributed by atoms with Crippen LogP contribution in [0.3, 0.4) is 0 Å². The van der Waals surface area contributed by atoms with Crippen molar-refractivity contribution in [3.05, 3.63) is 36.5 Å². The number of carbonyl (C=O) groups excluding carboxylic acids is 2. The van der Waals surface area contributed by atoms with Gasteiger partial charge in [-0.2, -0.15) is 0 Å². The topological polar surface area (TPSA) is 72.8 Å². The SMILES string of the molecule is CCCCCCC/C=C\C/C=C\C/C=C\CCCCCCCCCCCCCCC(=O)OC(CO)COC(=O)CCCCCCCCCCCCCCCCCCC. The van der Waals surface area contributed by atoms with Crippen molar-refractivity contribution in [1.82, 2.24) is 0 Å². The normalized spacial score (nSPS) is 12.4. The number of aliphatic hydroxyl groups excluding tert-OH is 1. The van der Waals surface area contributed by atoms with Crippen LogP contribution >= 0.6 is 0 Å². The molecule has 0 saturated heterocycles. The fourth-order valence-electron chi connectivity index (χ4n) is 7.56. The van der Waals surface area contributed by atoms with Crippen LogP contribution in [0, 0.1) is 0 Å². The summed E-state index contributed by atoms with van der Waals surface area (Å²) in [4.78, 5) is 24.4. The van der Waals surface area contributed by atoms with Gasteiger partial charge in [0.1, 0.15) is 6.61 Å². The van der Waals surface area contributed by atoms with Crippen LogP contribution < -0.4 is 0 Å². The van der Waals surface area contributed by atoms with E-state index in [9.17, 15) is 14.7 Å². The fourth-order valence-corrected chi connectivity index (χ4v) is 7.56. The molecule has 0 amide bonds. The Morgan fingerprint density at radius 1 is 0.397 bits per heavy atom. The van der Waals surface area contributed by atoms with Crippen LogP contribution in [0.4, 0.5) is 0 Å². The van der Waals surface area contributed by atoms with Crippen LogP contribution in [0.25, 0.3) is 0 Å². The lowest BCUT2D eigenvalue weighted by molar-refractivity contribution is -0.161. The maximum absolute atomic E-state index is 12.3. The third-order valence-corrected chi connectivity index (χ3v) is 11.4. The van der Waals surface area contributed by atoms with Gasteiger partial charge in [-0.05, 0) is 51.4 Å². The summed E-state index contributed by atoms with van der Waals surface area (Å²) in [5, 5.41) is 9.62. The van der Waals surface area contributed by atoms with E-state index < -0.39 is 6.10 Å². The summed E-state index contributed by atoms with van der Waals surface area (Å²) in [6.07, 6.45) is 62.4. The second kappa shape index (κ2) is 49.5. The second-order valence-corrected chi connectivity index (χ2v) is 17.3. The van der Waals surface area contributed by atoms with Crippen LogP contribution in [-0.4, -0.2) is 36.4 Å². The molecule has 0 fully saturated rings. The molecule has 1 N–H and O–H groups in total. The standard InChI is InChI=1S/C53H98O5/c1-3-5-7-9-11-13-15-17-19-21-22-23-24-25-26-27-28-29-30-32-34-36-38-40-42-44-46-48-53(56)58-51(49-54)50-57-52(55)47-45-43-41-39-37-35-33-31-20-18-16-14-12-10-8-6-4-2/h15,17,21-22,24-25,51,54H,3-14,16,18-20,23,26-50H2,1-2H3/b17-15-,22-21-,25-24-. The van der Waals surface area contributed by atoms with Crippen molar-refractivity contribution in [3.8, 4) is 0 Å². The number of esters is 2. The highest BCUT2D eigenvalue weighted by Crippen LogP contribution is 2.16. The van der Waals surface area contributed by atoms with E-state index in [0.717, 1.165) is 51.4 Å². The molecule has 1 atom stereocenters. The van der Waals surface area contributed by atoms with Crippen molar-refractivity contribution in [3.63, 3.8) is 0 Å². The number of hydrogen-bond donors (Lipinski definition) is 1. The quantitative estimate of drug-likeness (QED) is 0.0376. The fraction of sp³-hybridized carbons (Fsp3) is 0.849. The minimum atomic E-state index is -0.770. The molecule has 0 radical (unpaired) electrons. The highest BCUT2D eigenvalue weighted by molar-refractivity contribution is 5.70. The van der Waals surface area contributed by atoms with Gasteiger partial charge < -0.3 is 14.6 Å². The molecule has 0 rings (SSSR count). The van der Waals surface area contributed by atoms with E-state index in [1.165, 1.54) is 193 Å². The molecule has 58 heavy (non-hydrogen) atoms. The summed E-state index contributed by atoms with van der Waals surface area (Å²) in [6.45, 7) is 4.16. The molecule has 0 spiro atoms. The minimum Gasteiger partial charge on any atom is -0.462 e. The summed E-state index contributed by atoms with van der Waals surface area (Å²) in [7, 11) is 0. The molecule has 5 heteroatoms. The van der Waals surface area contributed by atoms with Crippen LogP contribution in [-0.2, 0) is 19.1 Å². The lowest BCUT2D eigenvalue weighted by Gasteiger charge is -2.15. The highest BCUT2D eigenvalue weighted by Gasteiger charge is 2.16. The van der Waals surface area contributed by atoms with Gasteiger partial charge in [0.2, 0.25) is 0 Å². The van der Waals surface area contributed by atoms with Gasteiger partial charge in [-0.15, -0.1) is 0 Å². The van der Waals surface area contributed by atoms with Crippen LogP contribution in [0.15, 0.2) is 36.5 Å². The molecule has 0 aromatic carbocycles. The van der Waals surface area contributed by atoms with Crippen LogP contribution in [0.5, 0.6) is 0 Å². The zero-order valence-corrected chi connectivity index (χ0v) is 38.8. The third kappa shape index (κ3) is 46.8. The molecule has 1 unspecified atom stereocenters. The van der Waals surface area contributed by atoms with E-state index in [-0.39, 0.29) is 25.2 Å². The minimum absolute atomic E-state index is 0.0621. The number of ether oxygens (including phenoxy) is 2. The van der Waals surface area contributed by atoms with Gasteiger partial charge >= 0.3 is 11.9 Å². The van der Waals surface area contributed by atoms with Crippen LogP contribution in [0.1, 0.15) is 271 Å². The van der Waals surface area contributed by atoms with Crippen molar-refractivity contribution in [1.29, 1.82) is 0 Å². The number of aliphatic hydroxyl groups is 1.